The Labute approximate surface area is 73.0 Å². The lowest BCUT2D eigenvalue weighted by molar-refractivity contribution is 0.561. The van der Waals surface area contributed by atoms with Gasteiger partial charge in [-0.05, 0) is 49.9 Å². The Hall–Kier alpha value is -0.760. The predicted molar refractivity (Wildman–Crippen MR) is 48.0 cm³/mol. The molecule has 1 aromatic heterocycles. The molecule has 1 heterocycles. The maximum atomic E-state index is 4.98. The van der Waals surface area contributed by atoms with E-state index in [9.17, 15) is 0 Å². The fraction of sp³-hybridized carbons (Fsp3) is 0.600. The number of furan rings is 1. The van der Waals surface area contributed by atoms with Crippen LogP contribution in [0, 0.1) is 5.92 Å². The second-order valence-electron chi connectivity index (χ2n) is 3.53. The molecule has 2 heteroatoms. The minimum Gasteiger partial charge on any atom is -0.472 e. The summed E-state index contributed by atoms with van der Waals surface area (Å²) in [5, 5.41) is 3.44. The summed E-state index contributed by atoms with van der Waals surface area (Å²) in [5.74, 6) is 0.981. The molecule has 0 saturated heterocycles. The van der Waals surface area contributed by atoms with Gasteiger partial charge in [0.2, 0.25) is 0 Å². The highest BCUT2D eigenvalue weighted by molar-refractivity contribution is 5.05. The average molecular weight is 165 g/mol. The highest BCUT2D eigenvalue weighted by Gasteiger charge is 2.19. The van der Waals surface area contributed by atoms with Gasteiger partial charge in [-0.2, -0.15) is 0 Å². The van der Waals surface area contributed by atoms with Gasteiger partial charge in [-0.1, -0.05) is 0 Å². The summed E-state index contributed by atoms with van der Waals surface area (Å²) in [6, 6.07) is 2.03. The second-order valence-corrected chi connectivity index (χ2v) is 3.53. The van der Waals surface area contributed by atoms with Gasteiger partial charge >= 0.3 is 0 Å². The second kappa shape index (κ2) is 3.76. The van der Waals surface area contributed by atoms with Crippen molar-refractivity contribution in [2.75, 3.05) is 13.1 Å². The van der Waals surface area contributed by atoms with E-state index < -0.39 is 0 Å². The van der Waals surface area contributed by atoms with E-state index in [4.69, 9.17) is 4.42 Å². The Balaban J connectivity index is 1.56. The van der Waals surface area contributed by atoms with E-state index in [1.165, 1.54) is 24.9 Å². The van der Waals surface area contributed by atoms with Crippen LogP contribution in [-0.2, 0) is 6.42 Å². The van der Waals surface area contributed by atoms with Crippen LogP contribution in [-0.4, -0.2) is 13.1 Å². The van der Waals surface area contributed by atoms with Gasteiger partial charge in [-0.15, -0.1) is 0 Å². The Bertz CT molecular complexity index is 214. The van der Waals surface area contributed by atoms with Crippen molar-refractivity contribution in [3.05, 3.63) is 24.2 Å². The van der Waals surface area contributed by atoms with Crippen molar-refractivity contribution in [2.24, 2.45) is 5.92 Å². The summed E-state index contributed by atoms with van der Waals surface area (Å²) in [6.45, 7) is 2.29. The maximum absolute atomic E-state index is 4.98. The van der Waals surface area contributed by atoms with Gasteiger partial charge in [-0.25, -0.2) is 0 Å². The zero-order valence-electron chi connectivity index (χ0n) is 7.25. The molecule has 0 atom stereocenters. The largest absolute Gasteiger partial charge is 0.472 e. The van der Waals surface area contributed by atoms with Crippen molar-refractivity contribution in [3.8, 4) is 0 Å². The zero-order chi connectivity index (χ0) is 8.23. The van der Waals surface area contributed by atoms with Crippen LogP contribution in [0.4, 0.5) is 0 Å². The predicted octanol–water partition coefficient (Wildman–Crippen LogP) is 1.82. The van der Waals surface area contributed by atoms with Crippen LogP contribution in [0.2, 0.25) is 0 Å². The van der Waals surface area contributed by atoms with Crippen LogP contribution >= 0.6 is 0 Å². The topological polar surface area (TPSA) is 25.2 Å². The number of nitrogens with one attached hydrogen (secondary N) is 1. The van der Waals surface area contributed by atoms with Gasteiger partial charge in [0, 0.05) is 0 Å². The van der Waals surface area contributed by atoms with Crippen LogP contribution in [0.15, 0.2) is 23.0 Å². The molecule has 0 spiro atoms. The first-order valence-corrected chi connectivity index (χ1v) is 4.67. The zero-order valence-corrected chi connectivity index (χ0v) is 7.25. The third kappa shape index (κ3) is 2.38. The molecule has 2 nitrogen and oxygen atoms in total. The monoisotopic (exact) mass is 165 g/mol. The van der Waals surface area contributed by atoms with Crippen LogP contribution in [0.25, 0.3) is 0 Å². The molecule has 12 heavy (non-hydrogen) atoms. The molecule has 0 unspecified atom stereocenters. The summed E-state index contributed by atoms with van der Waals surface area (Å²) in [5.41, 5.74) is 1.29. The molecule has 1 aliphatic carbocycles. The lowest BCUT2D eigenvalue weighted by atomic mass is 10.2. The lowest BCUT2D eigenvalue weighted by Gasteiger charge is -2.00. The molecule has 0 aromatic carbocycles. The molecular formula is C10H15NO. The molecule has 0 aliphatic heterocycles. The van der Waals surface area contributed by atoms with E-state index in [-0.39, 0.29) is 0 Å². The maximum Gasteiger partial charge on any atom is 0.0934 e. The number of rotatable bonds is 5. The van der Waals surface area contributed by atoms with Crippen molar-refractivity contribution in [1.29, 1.82) is 0 Å². The van der Waals surface area contributed by atoms with E-state index in [2.05, 4.69) is 5.32 Å². The van der Waals surface area contributed by atoms with Gasteiger partial charge in [0.1, 0.15) is 0 Å². The lowest BCUT2D eigenvalue weighted by Crippen LogP contribution is -2.19. The molecule has 1 aromatic rings. The summed E-state index contributed by atoms with van der Waals surface area (Å²) in [7, 11) is 0. The number of hydrogen-bond acceptors (Lipinski definition) is 2. The minimum absolute atomic E-state index is 0.981. The Morgan fingerprint density at radius 1 is 1.50 bits per heavy atom. The van der Waals surface area contributed by atoms with E-state index >= 15 is 0 Å². The van der Waals surface area contributed by atoms with E-state index in [0.717, 1.165) is 18.9 Å². The molecule has 66 valence electrons. The van der Waals surface area contributed by atoms with Crippen LogP contribution < -0.4 is 5.32 Å². The molecule has 1 N–H and O–H groups in total. The molecule has 0 radical (unpaired) electrons. The van der Waals surface area contributed by atoms with Gasteiger partial charge < -0.3 is 9.73 Å². The molecule has 2 rings (SSSR count). The quantitative estimate of drug-likeness (QED) is 0.673. The fourth-order valence-electron chi connectivity index (χ4n) is 1.30. The van der Waals surface area contributed by atoms with E-state index in [1.54, 1.807) is 6.26 Å². The SMILES string of the molecule is c1cc(CCNCC2CC2)co1. The highest BCUT2D eigenvalue weighted by Crippen LogP contribution is 2.27. The van der Waals surface area contributed by atoms with Gasteiger partial charge in [0.15, 0.2) is 0 Å². The Morgan fingerprint density at radius 2 is 2.42 bits per heavy atom. The molecular weight excluding hydrogens is 150 g/mol. The van der Waals surface area contributed by atoms with Crippen molar-refractivity contribution in [3.63, 3.8) is 0 Å². The van der Waals surface area contributed by atoms with Crippen molar-refractivity contribution >= 4 is 0 Å². The third-order valence-corrected chi connectivity index (χ3v) is 2.30. The molecule has 1 aliphatic rings. The summed E-state index contributed by atoms with van der Waals surface area (Å²) in [6.07, 6.45) is 7.50. The van der Waals surface area contributed by atoms with Crippen LogP contribution in [0.1, 0.15) is 18.4 Å². The number of hydrogen-bond donors (Lipinski definition) is 1. The smallest absolute Gasteiger partial charge is 0.0934 e. The average Bonchev–Trinajstić information content (AvgIpc) is 2.76. The fourth-order valence-corrected chi connectivity index (χ4v) is 1.30. The van der Waals surface area contributed by atoms with Gasteiger partial charge in [0.05, 0.1) is 12.5 Å². The normalized spacial score (nSPS) is 16.7. The third-order valence-electron chi connectivity index (χ3n) is 2.30. The summed E-state index contributed by atoms with van der Waals surface area (Å²) < 4.78 is 4.98. The molecule has 0 amide bonds. The standard InChI is InChI=1S/C10H15NO/c1-2-9(1)7-11-5-3-10-4-6-12-8-10/h4,6,8-9,11H,1-3,5,7H2. The first-order valence-electron chi connectivity index (χ1n) is 4.67. The molecule has 1 fully saturated rings. The van der Waals surface area contributed by atoms with Crippen LogP contribution in [0.3, 0.4) is 0 Å². The summed E-state index contributed by atoms with van der Waals surface area (Å²) >= 11 is 0. The highest BCUT2D eigenvalue weighted by atomic mass is 16.3. The van der Waals surface area contributed by atoms with Gasteiger partial charge in [-0.3, -0.25) is 0 Å². The van der Waals surface area contributed by atoms with Gasteiger partial charge in [0.25, 0.3) is 0 Å². The first-order chi connectivity index (χ1) is 5.95. The molecule has 0 bridgehead atoms. The van der Waals surface area contributed by atoms with Crippen LogP contribution in [0.5, 0.6) is 0 Å². The van der Waals surface area contributed by atoms with Crippen molar-refractivity contribution < 1.29 is 4.42 Å². The molecule has 1 saturated carbocycles. The van der Waals surface area contributed by atoms with Crippen molar-refractivity contribution in [2.45, 2.75) is 19.3 Å². The summed E-state index contributed by atoms with van der Waals surface area (Å²) in [4.78, 5) is 0. The van der Waals surface area contributed by atoms with E-state index in [1.807, 2.05) is 12.3 Å². The Kier molecular flexibility index (Phi) is 2.47. The Morgan fingerprint density at radius 3 is 3.08 bits per heavy atom. The minimum atomic E-state index is 0.981. The van der Waals surface area contributed by atoms with Crippen molar-refractivity contribution in [1.82, 2.24) is 5.32 Å². The first kappa shape index (κ1) is 7.87. The van der Waals surface area contributed by atoms with E-state index in [0.29, 0.717) is 0 Å².